The molecular formula is C30H26N4O2. The fourth-order valence-corrected chi connectivity index (χ4v) is 4.93. The van der Waals surface area contributed by atoms with Crippen LogP contribution < -0.4 is 10.0 Å². The smallest absolute Gasteiger partial charge is 0.267 e. The molecular weight excluding hydrogens is 448 g/mol. The van der Waals surface area contributed by atoms with Gasteiger partial charge in [-0.3, -0.25) is 9.73 Å². The number of hydrazine groups is 2. The summed E-state index contributed by atoms with van der Waals surface area (Å²) in [5.74, 6) is 0.467. The summed E-state index contributed by atoms with van der Waals surface area (Å²) in [6, 6.07) is 27.7. The highest BCUT2D eigenvalue weighted by molar-refractivity contribution is 6.17. The summed E-state index contributed by atoms with van der Waals surface area (Å²) < 4.78 is 0. The summed E-state index contributed by atoms with van der Waals surface area (Å²) in [5, 5.41) is 9.31. The normalized spacial score (nSPS) is 14.4. The van der Waals surface area contributed by atoms with Crippen molar-refractivity contribution < 1.29 is 9.73 Å². The van der Waals surface area contributed by atoms with Crippen molar-refractivity contribution in [1.82, 2.24) is 5.28 Å². The molecule has 2 heterocycles. The Balaban J connectivity index is 1.39. The zero-order chi connectivity index (χ0) is 25.0. The second-order valence-corrected chi connectivity index (χ2v) is 9.25. The van der Waals surface area contributed by atoms with E-state index in [0.717, 1.165) is 39.2 Å². The SMILES string of the molecule is Cc1cc(C)c(C)c(C2=NON3N(C(=O)c4ccc(-c5ccccc5)cc4)c4ccccc4N23)c1C. The van der Waals surface area contributed by atoms with E-state index in [0.29, 0.717) is 11.4 Å². The molecule has 0 N–H and O–H groups in total. The number of anilines is 2. The molecule has 2 aliphatic heterocycles. The number of benzene rings is 4. The van der Waals surface area contributed by atoms with Crippen LogP contribution in [0.4, 0.5) is 11.4 Å². The number of hydrogen-bond donors (Lipinski definition) is 0. The van der Waals surface area contributed by atoms with E-state index in [9.17, 15) is 4.79 Å². The minimum Gasteiger partial charge on any atom is -0.267 e. The van der Waals surface area contributed by atoms with Crippen LogP contribution in [0.25, 0.3) is 11.1 Å². The van der Waals surface area contributed by atoms with Crippen molar-refractivity contribution in [3.8, 4) is 11.1 Å². The number of fused-ring (bicyclic) bond motifs is 3. The molecule has 1 amide bonds. The summed E-state index contributed by atoms with van der Waals surface area (Å²) in [6.45, 7) is 8.40. The summed E-state index contributed by atoms with van der Waals surface area (Å²) in [4.78, 5) is 19.6. The lowest BCUT2D eigenvalue weighted by atomic mass is 9.93. The number of aryl methyl sites for hydroxylation is 2. The maximum atomic E-state index is 13.8. The second-order valence-electron chi connectivity index (χ2n) is 9.25. The van der Waals surface area contributed by atoms with E-state index in [1.807, 2.05) is 71.7 Å². The summed E-state index contributed by atoms with van der Waals surface area (Å²) in [7, 11) is 0. The van der Waals surface area contributed by atoms with Crippen LogP contribution in [-0.4, -0.2) is 17.0 Å². The quantitative estimate of drug-likeness (QED) is 0.340. The van der Waals surface area contributed by atoms with E-state index < -0.39 is 0 Å². The zero-order valence-corrected chi connectivity index (χ0v) is 20.7. The van der Waals surface area contributed by atoms with Gasteiger partial charge in [0.15, 0.2) is 0 Å². The Hall–Kier alpha value is -4.42. The maximum Gasteiger partial charge on any atom is 0.277 e. The van der Waals surface area contributed by atoms with Crippen molar-refractivity contribution in [2.45, 2.75) is 27.7 Å². The number of rotatable bonds is 3. The van der Waals surface area contributed by atoms with Crippen molar-refractivity contribution in [2.24, 2.45) is 5.16 Å². The van der Waals surface area contributed by atoms with Gasteiger partial charge in [-0.05, 0) is 90.5 Å². The highest BCUT2D eigenvalue weighted by Crippen LogP contribution is 2.43. The van der Waals surface area contributed by atoms with Crippen molar-refractivity contribution in [3.63, 3.8) is 0 Å². The molecule has 0 saturated carbocycles. The number of carbonyl (C=O) groups is 1. The largest absolute Gasteiger partial charge is 0.277 e. The molecule has 6 heteroatoms. The van der Waals surface area contributed by atoms with Gasteiger partial charge in [-0.1, -0.05) is 60.7 Å². The fourth-order valence-electron chi connectivity index (χ4n) is 4.93. The molecule has 0 spiro atoms. The molecule has 4 aromatic carbocycles. The lowest BCUT2D eigenvalue weighted by Gasteiger charge is -2.25. The van der Waals surface area contributed by atoms with Crippen LogP contribution in [0.3, 0.4) is 0 Å². The standard InChI is InChI=1S/C30H26N4O2/c1-19-18-20(2)22(4)28(21(19)3)29-31-36-34-32(29)26-12-8-9-13-27(26)33(34)30(35)25-16-14-24(15-17-25)23-10-6-5-7-11-23/h5-18H,1-4H3. The molecule has 6 nitrogen and oxygen atoms in total. The van der Waals surface area contributed by atoms with Gasteiger partial charge in [0.2, 0.25) is 5.84 Å². The Morgan fingerprint density at radius 2 is 1.31 bits per heavy atom. The second kappa shape index (κ2) is 8.36. The van der Waals surface area contributed by atoms with E-state index in [1.165, 1.54) is 21.4 Å². The number of nitrogens with zero attached hydrogens (tertiary/aromatic N) is 4. The van der Waals surface area contributed by atoms with Crippen LogP contribution in [0.5, 0.6) is 0 Å². The molecule has 0 aliphatic carbocycles. The molecule has 2 aliphatic rings. The molecule has 0 atom stereocenters. The highest BCUT2D eigenvalue weighted by Gasteiger charge is 2.47. The Morgan fingerprint density at radius 1 is 0.722 bits per heavy atom. The number of amides is 1. The highest BCUT2D eigenvalue weighted by atomic mass is 16.9. The average Bonchev–Trinajstić information content (AvgIpc) is 3.46. The first-order chi connectivity index (χ1) is 17.5. The van der Waals surface area contributed by atoms with E-state index in [2.05, 4.69) is 51.0 Å². The zero-order valence-electron chi connectivity index (χ0n) is 20.7. The van der Waals surface area contributed by atoms with Gasteiger partial charge < -0.3 is 0 Å². The topological polar surface area (TPSA) is 48.4 Å². The van der Waals surface area contributed by atoms with Gasteiger partial charge in [0.1, 0.15) is 0 Å². The molecule has 0 fully saturated rings. The molecule has 36 heavy (non-hydrogen) atoms. The number of carbonyl (C=O) groups excluding carboxylic acids is 1. The third kappa shape index (κ3) is 3.30. The first-order valence-electron chi connectivity index (χ1n) is 12.0. The first-order valence-corrected chi connectivity index (χ1v) is 12.0. The van der Waals surface area contributed by atoms with E-state index >= 15 is 0 Å². The minimum absolute atomic E-state index is 0.199. The van der Waals surface area contributed by atoms with Crippen LogP contribution >= 0.6 is 0 Å². The molecule has 4 aromatic rings. The molecule has 178 valence electrons. The molecule has 0 radical (unpaired) electrons. The van der Waals surface area contributed by atoms with Crippen molar-refractivity contribution in [1.29, 1.82) is 0 Å². The van der Waals surface area contributed by atoms with Crippen LogP contribution in [0.1, 0.15) is 38.2 Å². The predicted molar refractivity (Wildman–Crippen MR) is 142 cm³/mol. The van der Waals surface area contributed by atoms with Gasteiger partial charge in [0, 0.05) is 11.1 Å². The Morgan fingerprint density at radius 3 is 1.97 bits per heavy atom. The van der Waals surface area contributed by atoms with E-state index in [1.54, 1.807) is 0 Å². The van der Waals surface area contributed by atoms with Gasteiger partial charge in [-0.25, -0.2) is 0 Å². The Labute approximate surface area is 210 Å². The Bertz CT molecular complexity index is 1500. The number of amidine groups is 1. The number of oxime groups is 1. The number of para-hydroxylation sites is 2. The maximum absolute atomic E-state index is 13.8. The summed E-state index contributed by atoms with van der Waals surface area (Å²) in [6.07, 6.45) is 0. The molecule has 0 saturated heterocycles. The van der Waals surface area contributed by atoms with E-state index in [4.69, 9.17) is 4.94 Å². The lowest BCUT2D eigenvalue weighted by Crippen LogP contribution is -2.49. The third-order valence-electron chi connectivity index (χ3n) is 7.10. The van der Waals surface area contributed by atoms with Crippen molar-refractivity contribution in [2.75, 3.05) is 10.0 Å². The van der Waals surface area contributed by atoms with Crippen molar-refractivity contribution >= 4 is 23.1 Å². The van der Waals surface area contributed by atoms with Crippen LogP contribution in [-0.2, 0) is 4.94 Å². The lowest BCUT2D eigenvalue weighted by molar-refractivity contribution is -0.135. The Kier molecular flexibility index (Phi) is 5.12. The predicted octanol–water partition coefficient (Wildman–Crippen LogP) is 6.49. The van der Waals surface area contributed by atoms with Gasteiger partial charge in [0.05, 0.1) is 16.7 Å². The van der Waals surface area contributed by atoms with Gasteiger partial charge in [-0.2, -0.15) is 10.0 Å². The average molecular weight is 475 g/mol. The number of hydrogen-bond acceptors (Lipinski definition) is 5. The van der Waals surface area contributed by atoms with E-state index in [-0.39, 0.29) is 5.91 Å². The van der Waals surface area contributed by atoms with Crippen molar-refractivity contribution in [3.05, 3.63) is 118 Å². The van der Waals surface area contributed by atoms with Gasteiger partial charge in [0.25, 0.3) is 5.91 Å². The van der Waals surface area contributed by atoms with Crippen LogP contribution in [0.2, 0.25) is 0 Å². The fraction of sp³-hybridized carbons (Fsp3) is 0.133. The molecule has 0 bridgehead atoms. The molecule has 6 rings (SSSR count). The summed E-state index contributed by atoms with van der Waals surface area (Å²) >= 11 is 0. The first kappa shape index (κ1) is 22.1. The van der Waals surface area contributed by atoms with Gasteiger partial charge >= 0.3 is 0 Å². The van der Waals surface area contributed by atoms with Gasteiger partial charge in [-0.15, -0.1) is 0 Å². The third-order valence-corrected chi connectivity index (χ3v) is 7.10. The minimum atomic E-state index is -0.199. The molecule has 0 unspecified atom stereocenters. The molecule has 0 aromatic heterocycles. The summed E-state index contributed by atoms with van der Waals surface area (Å²) in [5.41, 5.74) is 9.97. The monoisotopic (exact) mass is 474 g/mol. The van der Waals surface area contributed by atoms with Crippen LogP contribution in [0, 0.1) is 27.7 Å². The van der Waals surface area contributed by atoms with Crippen LogP contribution in [0.15, 0.2) is 90.1 Å².